The van der Waals surface area contributed by atoms with Crippen LogP contribution >= 0.6 is 0 Å². The Bertz CT molecular complexity index is 2200. The summed E-state index contributed by atoms with van der Waals surface area (Å²) in [4.78, 5) is 16.4. The second kappa shape index (κ2) is 8.41. The van der Waals surface area contributed by atoms with Gasteiger partial charge in [-0.05, 0) is 0 Å². The Morgan fingerprint density at radius 2 is 1.10 bits per heavy atom. The molecular weight excluding hydrogens is 565 g/mol. The van der Waals surface area contributed by atoms with Gasteiger partial charge in [-0.15, -0.1) is 0 Å². The van der Waals surface area contributed by atoms with E-state index in [1.807, 2.05) is 18.2 Å². The zero-order valence-corrected chi connectivity index (χ0v) is 23.8. The van der Waals surface area contributed by atoms with Crippen LogP contribution in [0.5, 0.6) is 0 Å². The van der Waals surface area contributed by atoms with Crippen LogP contribution in [-0.2, 0) is 5.41 Å². The van der Waals surface area contributed by atoms with Crippen LogP contribution in [0.4, 0.5) is 17.1 Å². The van der Waals surface area contributed by atoms with Crippen LogP contribution in [0.2, 0.25) is 0 Å². The maximum absolute atomic E-state index is 14.0. The van der Waals surface area contributed by atoms with Gasteiger partial charge in [0, 0.05) is 0 Å². The van der Waals surface area contributed by atoms with Crippen LogP contribution < -0.4 is 10.3 Å². The average Bonchev–Trinajstić information content (AvgIpc) is 3.31. The van der Waals surface area contributed by atoms with Gasteiger partial charge in [-0.2, -0.15) is 0 Å². The minimum absolute atomic E-state index is 0.0754. The van der Waals surface area contributed by atoms with Gasteiger partial charge >= 0.3 is 244 Å². The normalized spacial score (nSPS) is 14.1. The summed E-state index contributed by atoms with van der Waals surface area (Å²) in [6.45, 7) is 0. The van der Waals surface area contributed by atoms with Crippen LogP contribution in [0.25, 0.3) is 30.4 Å². The Labute approximate surface area is 243 Å². The summed E-state index contributed by atoms with van der Waals surface area (Å²) in [5.41, 5.74) is 10.5. The Morgan fingerprint density at radius 1 is 0.488 bits per heavy atom. The molecule has 2 aliphatic rings. The molecule has 1 aliphatic heterocycles. The molecule has 0 unspecified atom stereocenters. The quantitative estimate of drug-likeness (QED) is 0.142. The van der Waals surface area contributed by atoms with Crippen molar-refractivity contribution < 1.29 is 0 Å². The van der Waals surface area contributed by atoms with Crippen molar-refractivity contribution in [2.45, 2.75) is 5.41 Å². The van der Waals surface area contributed by atoms with Gasteiger partial charge in [0.25, 0.3) is 0 Å². The van der Waals surface area contributed by atoms with Crippen molar-refractivity contribution in [2.24, 2.45) is 0 Å². The van der Waals surface area contributed by atoms with Gasteiger partial charge in [0.05, 0.1) is 0 Å². The van der Waals surface area contributed by atoms with E-state index in [0.717, 1.165) is 16.5 Å². The van der Waals surface area contributed by atoms with E-state index in [4.69, 9.17) is 0 Å². The zero-order valence-electron chi connectivity index (χ0n) is 22.0. The summed E-state index contributed by atoms with van der Waals surface area (Å²) in [5, 5.41) is 1.71. The molecule has 1 aromatic heterocycles. The number of fused-ring (bicyclic) bond motifs is 11. The number of nitrogens with zero attached hydrogens (tertiary/aromatic N) is 1. The molecule has 0 saturated carbocycles. The third-order valence-corrected chi connectivity index (χ3v) is 11.2. The van der Waals surface area contributed by atoms with Gasteiger partial charge in [0.15, 0.2) is 0 Å². The fourth-order valence-electron chi connectivity index (χ4n) is 7.25. The van der Waals surface area contributed by atoms with Crippen LogP contribution in [0.15, 0.2) is 144 Å². The van der Waals surface area contributed by atoms with Gasteiger partial charge < -0.3 is 0 Å². The van der Waals surface area contributed by atoms with E-state index in [1.165, 1.54) is 53.3 Å². The standard InChI is InChI=1S/C38H23NOSe/c40-37-26-15-5-11-21-35(26)41-36-23-27-25-14-4-6-16-29(25)38(32(27)22-28(36)37)30-17-7-9-19-33(30)39(24-12-2-1-3-13-24)34-20-10-8-18-31(34)38/h1-23H. The van der Waals surface area contributed by atoms with Crippen molar-refractivity contribution in [1.82, 2.24) is 0 Å². The van der Waals surface area contributed by atoms with E-state index < -0.39 is 5.41 Å². The minimum atomic E-state index is -0.538. The predicted molar refractivity (Wildman–Crippen MR) is 170 cm³/mol. The van der Waals surface area contributed by atoms with Crippen molar-refractivity contribution in [3.8, 4) is 11.1 Å². The van der Waals surface area contributed by atoms with Crippen molar-refractivity contribution in [1.29, 1.82) is 0 Å². The fourth-order valence-corrected chi connectivity index (χ4v) is 9.55. The first-order valence-corrected chi connectivity index (χ1v) is 15.6. The van der Waals surface area contributed by atoms with Crippen LogP contribution in [-0.4, -0.2) is 14.5 Å². The molecule has 0 N–H and O–H groups in total. The Hall–Kier alpha value is -4.69. The molecule has 0 bridgehead atoms. The van der Waals surface area contributed by atoms with Crippen LogP contribution in [0.3, 0.4) is 0 Å². The summed E-state index contributed by atoms with van der Waals surface area (Å²) in [6, 6.07) is 49.8. The second-order valence-corrected chi connectivity index (χ2v) is 13.1. The number of anilines is 3. The van der Waals surface area contributed by atoms with E-state index in [0.29, 0.717) is 0 Å². The van der Waals surface area contributed by atoms with Gasteiger partial charge in [0.2, 0.25) is 0 Å². The summed E-state index contributed by atoms with van der Waals surface area (Å²) in [7, 11) is 0. The molecule has 0 radical (unpaired) electrons. The molecule has 2 nitrogen and oxygen atoms in total. The van der Waals surface area contributed by atoms with Gasteiger partial charge in [0.1, 0.15) is 0 Å². The fraction of sp³-hybridized carbons (Fsp3) is 0.0263. The first-order valence-electron chi connectivity index (χ1n) is 13.9. The molecule has 192 valence electrons. The van der Waals surface area contributed by atoms with E-state index in [9.17, 15) is 4.79 Å². The average molecular weight is 589 g/mol. The molecule has 0 atom stereocenters. The van der Waals surface area contributed by atoms with Gasteiger partial charge in [-0.25, -0.2) is 0 Å². The Morgan fingerprint density at radius 3 is 1.85 bits per heavy atom. The molecule has 3 heteroatoms. The van der Waals surface area contributed by atoms with E-state index in [-0.39, 0.29) is 19.9 Å². The topological polar surface area (TPSA) is 20.3 Å². The molecule has 1 aliphatic carbocycles. The summed E-state index contributed by atoms with van der Waals surface area (Å²) < 4.78 is 2.35. The number of hydrogen-bond acceptors (Lipinski definition) is 2. The van der Waals surface area contributed by atoms with Crippen molar-refractivity contribution in [2.75, 3.05) is 4.90 Å². The third-order valence-electron chi connectivity index (χ3n) is 8.85. The Kier molecular flexibility index (Phi) is 4.73. The summed E-state index contributed by atoms with van der Waals surface area (Å²) in [5.74, 6) is 0. The number of benzene rings is 6. The predicted octanol–water partition coefficient (Wildman–Crippen LogP) is 8.56. The van der Waals surface area contributed by atoms with Crippen molar-refractivity contribution >= 4 is 50.9 Å². The van der Waals surface area contributed by atoms with Crippen LogP contribution in [0.1, 0.15) is 22.3 Å². The first kappa shape index (κ1) is 23.1. The monoisotopic (exact) mass is 589 g/mol. The molecule has 2 heterocycles. The summed E-state index contributed by atoms with van der Waals surface area (Å²) in [6.07, 6.45) is 0. The van der Waals surface area contributed by atoms with Crippen molar-refractivity contribution in [3.63, 3.8) is 0 Å². The third kappa shape index (κ3) is 2.95. The maximum atomic E-state index is 14.0. The SMILES string of the molecule is O=c1c2ccccc2[se]c2cc3c(cc12)C1(c2ccccc2-3)c2ccccc2N(c2ccccc2)c2ccccc21. The van der Waals surface area contributed by atoms with E-state index in [1.54, 1.807) is 0 Å². The van der Waals surface area contributed by atoms with Crippen molar-refractivity contribution in [3.05, 3.63) is 172 Å². The second-order valence-electron chi connectivity index (χ2n) is 10.8. The number of para-hydroxylation sites is 3. The molecule has 6 aromatic carbocycles. The molecular formula is C38H23NOSe. The molecule has 0 amide bonds. The van der Waals surface area contributed by atoms with Gasteiger partial charge in [-0.1, -0.05) is 0 Å². The molecule has 41 heavy (non-hydrogen) atoms. The van der Waals surface area contributed by atoms with Crippen LogP contribution in [0, 0.1) is 0 Å². The summed E-state index contributed by atoms with van der Waals surface area (Å²) >= 11 is 0.0754. The Balaban J connectivity index is 1.47. The first-order chi connectivity index (χ1) is 20.3. The number of rotatable bonds is 1. The molecule has 0 saturated heterocycles. The molecule has 7 aromatic rings. The molecule has 0 fully saturated rings. The molecule has 1 spiro atoms. The zero-order chi connectivity index (χ0) is 27.1. The molecule has 9 rings (SSSR count). The number of hydrogen-bond donors (Lipinski definition) is 0. The van der Waals surface area contributed by atoms with E-state index in [2.05, 4.69) is 126 Å². The van der Waals surface area contributed by atoms with E-state index >= 15 is 0 Å². The van der Waals surface area contributed by atoms with Gasteiger partial charge in [-0.3, -0.25) is 0 Å².